The van der Waals surface area contributed by atoms with Crippen molar-refractivity contribution in [1.82, 2.24) is 24.5 Å². The Balaban J connectivity index is 1.61. The second-order valence-electron chi connectivity index (χ2n) is 8.37. The lowest BCUT2D eigenvalue weighted by Crippen LogP contribution is -2.33. The molecule has 0 saturated heterocycles. The highest BCUT2D eigenvalue weighted by molar-refractivity contribution is 7.99. The molecule has 35 heavy (non-hydrogen) atoms. The number of fused-ring (bicyclic) bond motifs is 3. The predicted molar refractivity (Wildman–Crippen MR) is 138 cm³/mol. The average Bonchev–Trinajstić information content (AvgIpc) is 3.28. The zero-order chi connectivity index (χ0) is 24.9. The van der Waals surface area contributed by atoms with Gasteiger partial charge in [0.1, 0.15) is 0 Å². The summed E-state index contributed by atoms with van der Waals surface area (Å²) in [6, 6.07) is 14.8. The maximum atomic E-state index is 13.2. The van der Waals surface area contributed by atoms with Crippen LogP contribution in [0.4, 0.5) is 5.69 Å². The molecule has 0 aliphatic heterocycles. The molecule has 0 bridgehead atoms. The van der Waals surface area contributed by atoms with Crippen LogP contribution in [0.3, 0.4) is 0 Å². The van der Waals surface area contributed by atoms with Gasteiger partial charge >= 0.3 is 0 Å². The van der Waals surface area contributed by atoms with Crippen molar-refractivity contribution >= 4 is 45.9 Å². The van der Waals surface area contributed by atoms with Crippen LogP contribution in [-0.2, 0) is 16.1 Å². The van der Waals surface area contributed by atoms with Gasteiger partial charge in [-0.15, -0.1) is 10.2 Å². The Labute approximate surface area is 206 Å². The molecule has 2 aromatic heterocycles. The predicted octanol–water partition coefficient (Wildman–Crippen LogP) is 3.39. The van der Waals surface area contributed by atoms with Crippen LogP contribution in [0.1, 0.15) is 32.3 Å². The molecular formula is C25H28N6O3S. The molecule has 0 radical (unpaired) electrons. The van der Waals surface area contributed by atoms with Crippen molar-refractivity contribution in [3.05, 3.63) is 64.4 Å². The lowest BCUT2D eigenvalue weighted by Gasteiger charge is -2.13. The number of benzene rings is 2. The van der Waals surface area contributed by atoms with Gasteiger partial charge in [-0.2, -0.15) is 0 Å². The molecule has 2 heterocycles. The largest absolute Gasteiger partial charge is 0.354 e. The molecule has 9 nitrogen and oxygen atoms in total. The van der Waals surface area contributed by atoms with E-state index in [9.17, 15) is 14.4 Å². The molecule has 10 heteroatoms. The van der Waals surface area contributed by atoms with Crippen molar-refractivity contribution < 1.29 is 9.59 Å². The van der Waals surface area contributed by atoms with E-state index in [4.69, 9.17) is 0 Å². The van der Waals surface area contributed by atoms with Crippen LogP contribution >= 0.6 is 11.8 Å². The van der Waals surface area contributed by atoms with Crippen molar-refractivity contribution in [3.8, 4) is 0 Å². The van der Waals surface area contributed by atoms with Gasteiger partial charge in [0.05, 0.1) is 16.7 Å². The quantitative estimate of drug-likeness (QED) is 0.347. The van der Waals surface area contributed by atoms with Gasteiger partial charge < -0.3 is 10.6 Å². The molecular weight excluding hydrogens is 464 g/mol. The molecule has 0 aliphatic carbocycles. The molecule has 2 amide bonds. The number of aromatic nitrogens is 4. The minimum Gasteiger partial charge on any atom is -0.354 e. The van der Waals surface area contributed by atoms with E-state index in [0.717, 1.165) is 17.7 Å². The average molecular weight is 493 g/mol. The molecule has 0 unspecified atom stereocenters. The maximum Gasteiger partial charge on any atom is 0.262 e. The van der Waals surface area contributed by atoms with E-state index in [1.807, 2.05) is 57.2 Å². The van der Waals surface area contributed by atoms with Crippen LogP contribution in [0.25, 0.3) is 16.7 Å². The van der Waals surface area contributed by atoms with Crippen LogP contribution < -0.4 is 16.2 Å². The zero-order valence-corrected chi connectivity index (χ0v) is 20.8. The summed E-state index contributed by atoms with van der Waals surface area (Å²) < 4.78 is 3.25. The normalized spacial score (nSPS) is 12.1. The first-order valence-corrected chi connectivity index (χ1v) is 12.5. The van der Waals surface area contributed by atoms with E-state index in [-0.39, 0.29) is 42.1 Å². The van der Waals surface area contributed by atoms with E-state index < -0.39 is 0 Å². The van der Waals surface area contributed by atoms with Gasteiger partial charge in [-0.1, -0.05) is 49.0 Å². The Morgan fingerprint density at radius 2 is 1.80 bits per heavy atom. The summed E-state index contributed by atoms with van der Waals surface area (Å²) in [5.41, 5.74) is 2.16. The minimum atomic E-state index is -0.231. The molecule has 0 spiro atoms. The van der Waals surface area contributed by atoms with Gasteiger partial charge in [0.15, 0.2) is 5.16 Å². The smallest absolute Gasteiger partial charge is 0.262 e. The highest BCUT2D eigenvalue weighted by atomic mass is 32.2. The van der Waals surface area contributed by atoms with E-state index in [2.05, 4.69) is 20.8 Å². The SMILES string of the molecule is CC[C@H](C)NC(=O)CCn1c(=O)c2ccccc2n2c(SCC(=O)Nc3ccccc3C)nnc12. The van der Waals surface area contributed by atoms with Crippen molar-refractivity contribution in [2.24, 2.45) is 0 Å². The number of nitrogens with one attached hydrogen (secondary N) is 2. The van der Waals surface area contributed by atoms with E-state index in [1.54, 1.807) is 16.5 Å². The Morgan fingerprint density at radius 1 is 1.06 bits per heavy atom. The molecule has 2 N–H and O–H groups in total. The topological polar surface area (TPSA) is 110 Å². The summed E-state index contributed by atoms with van der Waals surface area (Å²) in [7, 11) is 0. The minimum absolute atomic E-state index is 0.0674. The Hall–Kier alpha value is -3.66. The first-order valence-electron chi connectivity index (χ1n) is 11.5. The van der Waals surface area contributed by atoms with Crippen molar-refractivity contribution in [3.63, 3.8) is 0 Å². The Bertz CT molecular complexity index is 1440. The third-order valence-electron chi connectivity index (χ3n) is 5.81. The first kappa shape index (κ1) is 24.5. The van der Waals surface area contributed by atoms with Crippen LogP contribution in [0.15, 0.2) is 58.5 Å². The molecule has 182 valence electrons. The molecule has 2 aromatic carbocycles. The number of carbonyl (C=O) groups is 2. The zero-order valence-electron chi connectivity index (χ0n) is 19.9. The van der Waals surface area contributed by atoms with Crippen LogP contribution in [-0.4, -0.2) is 42.8 Å². The highest BCUT2D eigenvalue weighted by Crippen LogP contribution is 2.22. The fourth-order valence-electron chi connectivity index (χ4n) is 3.72. The van der Waals surface area contributed by atoms with Gasteiger partial charge in [0.25, 0.3) is 5.56 Å². The third kappa shape index (κ3) is 5.37. The molecule has 0 fully saturated rings. The standard InChI is InChI=1S/C25H28N6O3S/c1-4-17(3)26-21(32)13-14-30-23(34)18-10-6-8-12-20(18)31-24(30)28-29-25(31)35-15-22(33)27-19-11-7-5-9-16(19)2/h5-12,17H,4,13-15H2,1-3H3,(H,26,32)(H,27,33)/t17-/m0/s1. The summed E-state index contributed by atoms with van der Waals surface area (Å²) >= 11 is 1.24. The lowest BCUT2D eigenvalue weighted by atomic mass is 10.2. The second kappa shape index (κ2) is 10.7. The highest BCUT2D eigenvalue weighted by Gasteiger charge is 2.18. The molecule has 4 rings (SSSR count). The molecule has 1 atom stereocenters. The Kier molecular flexibility index (Phi) is 7.50. The number of hydrogen-bond acceptors (Lipinski definition) is 6. The fourth-order valence-corrected chi connectivity index (χ4v) is 4.46. The van der Waals surface area contributed by atoms with Crippen LogP contribution in [0.2, 0.25) is 0 Å². The van der Waals surface area contributed by atoms with Crippen LogP contribution in [0, 0.1) is 6.92 Å². The molecule has 4 aromatic rings. The lowest BCUT2D eigenvalue weighted by molar-refractivity contribution is -0.122. The van der Waals surface area contributed by atoms with Gasteiger partial charge in [-0.25, -0.2) is 0 Å². The number of carbonyl (C=O) groups excluding carboxylic acids is 2. The van der Waals surface area contributed by atoms with Gasteiger partial charge in [-0.05, 0) is 44.0 Å². The van der Waals surface area contributed by atoms with Crippen molar-refractivity contribution in [2.45, 2.75) is 51.4 Å². The number of hydrogen-bond donors (Lipinski definition) is 2. The van der Waals surface area contributed by atoms with Crippen LogP contribution in [0.5, 0.6) is 0 Å². The summed E-state index contributed by atoms with van der Waals surface area (Å²) in [5.74, 6) is 0.173. The van der Waals surface area contributed by atoms with Gasteiger partial charge in [0, 0.05) is 24.7 Å². The summed E-state index contributed by atoms with van der Waals surface area (Å²) in [4.78, 5) is 38.1. The van der Waals surface area contributed by atoms with E-state index >= 15 is 0 Å². The number of amides is 2. The monoisotopic (exact) mass is 492 g/mol. The van der Waals surface area contributed by atoms with E-state index in [0.29, 0.717) is 21.8 Å². The Morgan fingerprint density at radius 3 is 2.57 bits per heavy atom. The summed E-state index contributed by atoms with van der Waals surface area (Å²) in [5, 5.41) is 15.3. The second-order valence-corrected chi connectivity index (χ2v) is 9.31. The third-order valence-corrected chi connectivity index (χ3v) is 6.74. The van der Waals surface area contributed by atoms with Gasteiger partial charge in [-0.3, -0.25) is 23.4 Å². The number of thioether (sulfide) groups is 1. The summed E-state index contributed by atoms with van der Waals surface area (Å²) in [6.45, 7) is 6.05. The van der Waals surface area contributed by atoms with E-state index in [1.165, 1.54) is 16.3 Å². The fraction of sp³-hybridized carbons (Fsp3) is 0.320. The number of aryl methyl sites for hydroxylation is 2. The number of para-hydroxylation sites is 2. The number of anilines is 1. The number of nitrogens with zero attached hydrogens (tertiary/aromatic N) is 4. The summed E-state index contributed by atoms with van der Waals surface area (Å²) in [6.07, 6.45) is 0.973. The maximum absolute atomic E-state index is 13.2. The van der Waals surface area contributed by atoms with Gasteiger partial charge in [0.2, 0.25) is 17.6 Å². The molecule has 0 saturated carbocycles. The molecule has 0 aliphatic rings. The first-order chi connectivity index (χ1) is 16.9. The van der Waals surface area contributed by atoms with Crippen molar-refractivity contribution in [1.29, 1.82) is 0 Å². The van der Waals surface area contributed by atoms with Crippen molar-refractivity contribution in [2.75, 3.05) is 11.1 Å². The number of rotatable bonds is 9.